The van der Waals surface area contributed by atoms with E-state index in [1.54, 1.807) is 4.90 Å². The molecule has 1 unspecified atom stereocenters. The van der Waals surface area contributed by atoms with Crippen molar-refractivity contribution in [3.8, 4) is 0 Å². The van der Waals surface area contributed by atoms with Gasteiger partial charge in [0.1, 0.15) is 12.0 Å². The van der Waals surface area contributed by atoms with Gasteiger partial charge in [0.15, 0.2) is 0 Å². The van der Waals surface area contributed by atoms with E-state index in [0.717, 1.165) is 5.69 Å². The lowest BCUT2D eigenvalue weighted by Crippen LogP contribution is -2.44. The first-order chi connectivity index (χ1) is 10.8. The minimum Gasteiger partial charge on any atom is -0.480 e. The quantitative estimate of drug-likeness (QED) is 0.810. The van der Waals surface area contributed by atoms with Crippen molar-refractivity contribution in [3.63, 3.8) is 0 Å². The molecule has 124 valence electrons. The van der Waals surface area contributed by atoms with Crippen LogP contribution in [0.5, 0.6) is 0 Å². The molecular weight excluding hydrogens is 296 g/mol. The van der Waals surface area contributed by atoms with E-state index in [2.05, 4.69) is 19.2 Å². The van der Waals surface area contributed by atoms with Crippen molar-refractivity contribution in [2.45, 2.75) is 39.2 Å². The van der Waals surface area contributed by atoms with Crippen molar-refractivity contribution in [2.24, 2.45) is 5.92 Å². The number of amides is 2. The van der Waals surface area contributed by atoms with Crippen LogP contribution < -0.4 is 10.2 Å². The fourth-order valence-corrected chi connectivity index (χ4v) is 2.59. The SMILES string of the molecule is CC(C)c1ccc(N2CCC(C(=O)N[C@@H](C)C(=O)O)C2=O)cc1. The molecule has 0 spiro atoms. The van der Waals surface area contributed by atoms with E-state index >= 15 is 0 Å². The molecule has 0 saturated carbocycles. The van der Waals surface area contributed by atoms with Gasteiger partial charge >= 0.3 is 5.97 Å². The highest BCUT2D eigenvalue weighted by molar-refractivity contribution is 6.10. The highest BCUT2D eigenvalue weighted by atomic mass is 16.4. The number of hydrogen-bond donors (Lipinski definition) is 2. The van der Waals surface area contributed by atoms with Crippen LogP contribution in [0.25, 0.3) is 0 Å². The molecule has 0 aromatic heterocycles. The molecule has 2 rings (SSSR count). The maximum absolute atomic E-state index is 12.4. The zero-order chi connectivity index (χ0) is 17.1. The predicted octanol–water partition coefficient (Wildman–Crippen LogP) is 1.75. The van der Waals surface area contributed by atoms with Gasteiger partial charge in [-0.25, -0.2) is 0 Å². The van der Waals surface area contributed by atoms with Crippen LogP contribution in [0.4, 0.5) is 5.69 Å². The summed E-state index contributed by atoms with van der Waals surface area (Å²) in [5, 5.41) is 11.2. The highest BCUT2D eigenvalue weighted by Gasteiger charge is 2.38. The van der Waals surface area contributed by atoms with Gasteiger partial charge < -0.3 is 15.3 Å². The largest absolute Gasteiger partial charge is 0.480 e. The van der Waals surface area contributed by atoms with Crippen LogP contribution >= 0.6 is 0 Å². The number of nitrogens with one attached hydrogen (secondary N) is 1. The standard InChI is InChI=1S/C17H22N2O4/c1-10(2)12-4-6-13(7-5-12)19-9-8-14(16(19)21)15(20)18-11(3)17(22)23/h4-7,10-11,14H,8-9H2,1-3H3,(H,18,20)(H,22,23)/t11-,14?/m0/s1. The van der Waals surface area contributed by atoms with Crippen molar-refractivity contribution in [1.29, 1.82) is 0 Å². The Labute approximate surface area is 135 Å². The van der Waals surface area contributed by atoms with Crippen molar-refractivity contribution in [1.82, 2.24) is 5.32 Å². The summed E-state index contributed by atoms with van der Waals surface area (Å²) in [6.07, 6.45) is 0.392. The molecule has 1 aromatic rings. The third-order valence-corrected chi connectivity index (χ3v) is 4.12. The Morgan fingerprint density at radius 3 is 2.35 bits per heavy atom. The van der Waals surface area contributed by atoms with Gasteiger partial charge in [-0.2, -0.15) is 0 Å². The van der Waals surface area contributed by atoms with Gasteiger partial charge in [0.25, 0.3) is 0 Å². The minimum absolute atomic E-state index is 0.280. The lowest BCUT2D eigenvalue weighted by Gasteiger charge is -2.18. The van der Waals surface area contributed by atoms with Crippen LogP contribution in [0.1, 0.15) is 38.7 Å². The molecule has 1 heterocycles. The summed E-state index contributed by atoms with van der Waals surface area (Å²) in [6.45, 7) is 6.03. The van der Waals surface area contributed by atoms with Gasteiger partial charge in [-0.3, -0.25) is 14.4 Å². The topological polar surface area (TPSA) is 86.7 Å². The van der Waals surface area contributed by atoms with E-state index in [9.17, 15) is 14.4 Å². The molecular formula is C17H22N2O4. The van der Waals surface area contributed by atoms with Gasteiger partial charge in [0, 0.05) is 12.2 Å². The summed E-state index contributed by atoms with van der Waals surface area (Å²) in [5.74, 6) is -2.33. The number of carbonyl (C=O) groups excluding carboxylic acids is 2. The second-order valence-electron chi connectivity index (χ2n) is 6.15. The Bertz CT molecular complexity index is 610. The molecule has 0 aliphatic carbocycles. The van der Waals surface area contributed by atoms with Crippen molar-refractivity contribution < 1.29 is 19.5 Å². The first kappa shape index (κ1) is 17.0. The van der Waals surface area contributed by atoms with Crippen LogP contribution in [0.2, 0.25) is 0 Å². The number of benzene rings is 1. The maximum Gasteiger partial charge on any atom is 0.325 e. The van der Waals surface area contributed by atoms with Gasteiger partial charge in [-0.1, -0.05) is 26.0 Å². The Morgan fingerprint density at radius 2 is 1.83 bits per heavy atom. The molecule has 1 aliphatic rings. The zero-order valence-electron chi connectivity index (χ0n) is 13.6. The van der Waals surface area contributed by atoms with Crippen LogP contribution in [-0.4, -0.2) is 35.5 Å². The zero-order valence-corrected chi connectivity index (χ0v) is 13.6. The van der Waals surface area contributed by atoms with Gasteiger partial charge in [-0.15, -0.1) is 0 Å². The first-order valence-corrected chi connectivity index (χ1v) is 7.75. The normalized spacial score (nSPS) is 19.0. The molecule has 6 heteroatoms. The monoisotopic (exact) mass is 318 g/mol. The molecule has 23 heavy (non-hydrogen) atoms. The summed E-state index contributed by atoms with van der Waals surface area (Å²) < 4.78 is 0. The Balaban J connectivity index is 2.06. The van der Waals surface area contributed by atoms with E-state index in [4.69, 9.17) is 5.11 Å². The summed E-state index contributed by atoms with van der Waals surface area (Å²) >= 11 is 0. The number of carbonyl (C=O) groups is 3. The molecule has 1 saturated heterocycles. The van der Waals surface area contributed by atoms with E-state index in [1.165, 1.54) is 12.5 Å². The van der Waals surface area contributed by atoms with E-state index in [1.807, 2.05) is 24.3 Å². The number of carboxylic acids is 1. The maximum atomic E-state index is 12.4. The van der Waals surface area contributed by atoms with Crippen LogP contribution in [-0.2, 0) is 14.4 Å². The molecule has 2 N–H and O–H groups in total. The Morgan fingerprint density at radius 1 is 1.22 bits per heavy atom. The van der Waals surface area contributed by atoms with Gasteiger partial charge in [0.05, 0.1) is 0 Å². The first-order valence-electron chi connectivity index (χ1n) is 7.75. The second-order valence-corrected chi connectivity index (χ2v) is 6.15. The average Bonchev–Trinajstić information content (AvgIpc) is 2.88. The third kappa shape index (κ3) is 3.70. The lowest BCUT2D eigenvalue weighted by molar-refractivity contribution is -0.143. The molecule has 0 bridgehead atoms. The fraction of sp³-hybridized carbons (Fsp3) is 0.471. The second kappa shape index (κ2) is 6.81. The average molecular weight is 318 g/mol. The van der Waals surface area contributed by atoms with Crippen LogP contribution in [0, 0.1) is 5.92 Å². The van der Waals surface area contributed by atoms with Crippen molar-refractivity contribution in [2.75, 3.05) is 11.4 Å². The molecule has 2 amide bonds. The summed E-state index contributed by atoms with van der Waals surface area (Å²) in [7, 11) is 0. The molecule has 1 aromatic carbocycles. The molecule has 1 fully saturated rings. The summed E-state index contributed by atoms with van der Waals surface area (Å²) in [5.41, 5.74) is 1.95. The number of rotatable bonds is 5. The van der Waals surface area contributed by atoms with Gasteiger partial charge in [0.2, 0.25) is 11.8 Å². The van der Waals surface area contributed by atoms with Crippen LogP contribution in [0.3, 0.4) is 0 Å². The van der Waals surface area contributed by atoms with Gasteiger partial charge in [-0.05, 0) is 37.0 Å². The Hall–Kier alpha value is -2.37. The van der Waals surface area contributed by atoms with E-state index in [-0.39, 0.29) is 5.91 Å². The Kier molecular flexibility index (Phi) is 5.03. The highest BCUT2D eigenvalue weighted by Crippen LogP contribution is 2.27. The van der Waals surface area contributed by atoms with Crippen LogP contribution in [0.15, 0.2) is 24.3 Å². The van der Waals surface area contributed by atoms with Crippen molar-refractivity contribution >= 4 is 23.5 Å². The summed E-state index contributed by atoms with van der Waals surface area (Å²) in [4.78, 5) is 36.9. The van der Waals surface area contributed by atoms with E-state index < -0.39 is 23.8 Å². The molecule has 1 aliphatic heterocycles. The number of carboxylic acid groups (broad SMARTS) is 1. The number of hydrogen-bond acceptors (Lipinski definition) is 3. The fourth-order valence-electron chi connectivity index (χ4n) is 2.59. The van der Waals surface area contributed by atoms with Crippen molar-refractivity contribution in [3.05, 3.63) is 29.8 Å². The number of anilines is 1. The third-order valence-electron chi connectivity index (χ3n) is 4.12. The molecule has 6 nitrogen and oxygen atoms in total. The van der Waals surface area contributed by atoms with E-state index in [0.29, 0.717) is 18.9 Å². The summed E-state index contributed by atoms with van der Waals surface area (Å²) in [6, 6.07) is 6.72. The predicted molar refractivity (Wildman–Crippen MR) is 86.2 cm³/mol. The number of aliphatic carboxylic acids is 1. The molecule has 0 radical (unpaired) electrons. The smallest absolute Gasteiger partial charge is 0.325 e. The molecule has 2 atom stereocenters. The minimum atomic E-state index is -1.12. The number of nitrogens with zero attached hydrogens (tertiary/aromatic N) is 1. The lowest BCUT2D eigenvalue weighted by atomic mass is 10.0.